The highest BCUT2D eigenvalue weighted by Crippen LogP contribution is 2.23. The largest absolute Gasteiger partial charge is 0.491 e. The van der Waals surface area contributed by atoms with Crippen molar-refractivity contribution in [2.45, 2.75) is 26.4 Å². The Hall–Kier alpha value is -1.59. The van der Waals surface area contributed by atoms with Gasteiger partial charge in [-0.1, -0.05) is 24.3 Å². The van der Waals surface area contributed by atoms with Gasteiger partial charge in [0.05, 0.1) is 11.9 Å². The van der Waals surface area contributed by atoms with E-state index in [0.29, 0.717) is 6.42 Å². The molecule has 0 aliphatic heterocycles. The van der Waals surface area contributed by atoms with E-state index in [0.717, 1.165) is 22.1 Å². The van der Waals surface area contributed by atoms with Gasteiger partial charge < -0.3 is 4.74 Å². The van der Waals surface area contributed by atoms with Gasteiger partial charge in [0, 0.05) is 0 Å². The van der Waals surface area contributed by atoms with Crippen molar-refractivity contribution in [3.05, 3.63) is 42.0 Å². The fourth-order valence-electron chi connectivity index (χ4n) is 2.02. The highest BCUT2D eigenvalue weighted by atomic mass is 32.2. The van der Waals surface area contributed by atoms with Crippen molar-refractivity contribution < 1.29 is 17.7 Å². The maximum Gasteiger partial charge on any atom is 0.265 e. The highest BCUT2D eigenvalue weighted by Gasteiger charge is 2.06. The molecule has 108 valence electrons. The van der Waals surface area contributed by atoms with Crippen LogP contribution in [-0.4, -0.2) is 24.8 Å². The number of fused-ring (bicyclic) bond motifs is 1. The van der Waals surface area contributed by atoms with Gasteiger partial charge >= 0.3 is 0 Å². The Labute approximate surface area is 119 Å². The number of hydrogen-bond acceptors (Lipinski definition) is 3. The van der Waals surface area contributed by atoms with Crippen LogP contribution in [0.15, 0.2) is 36.4 Å². The first kappa shape index (κ1) is 14.8. The quantitative estimate of drug-likeness (QED) is 0.861. The Kier molecular flexibility index (Phi) is 4.30. The van der Waals surface area contributed by atoms with Crippen LogP contribution in [0, 0.1) is 0 Å². The van der Waals surface area contributed by atoms with Crippen molar-refractivity contribution in [2.75, 3.05) is 5.75 Å². The zero-order valence-corrected chi connectivity index (χ0v) is 12.4. The standard InChI is InChI=1S/C15H18O4S/c1-11(2)19-15-6-5-13-9-12(3-4-14(13)10-15)7-8-20(16,17)18/h3-6,9-11H,7-8H2,1-2H3,(H,16,17,18). The van der Waals surface area contributed by atoms with Crippen molar-refractivity contribution in [1.82, 2.24) is 0 Å². The Morgan fingerprint density at radius 3 is 2.40 bits per heavy atom. The maximum atomic E-state index is 10.8. The van der Waals surface area contributed by atoms with E-state index >= 15 is 0 Å². The van der Waals surface area contributed by atoms with E-state index in [1.54, 1.807) is 0 Å². The van der Waals surface area contributed by atoms with Gasteiger partial charge in [0.25, 0.3) is 10.1 Å². The Morgan fingerprint density at radius 2 is 1.75 bits per heavy atom. The van der Waals surface area contributed by atoms with Crippen LogP contribution in [0.25, 0.3) is 10.8 Å². The van der Waals surface area contributed by atoms with Crippen molar-refractivity contribution >= 4 is 20.9 Å². The number of ether oxygens (including phenoxy) is 1. The summed E-state index contributed by atoms with van der Waals surface area (Å²) in [5.74, 6) is 0.561. The molecule has 0 saturated heterocycles. The molecule has 2 aromatic rings. The summed E-state index contributed by atoms with van der Waals surface area (Å²) >= 11 is 0. The summed E-state index contributed by atoms with van der Waals surface area (Å²) in [6.45, 7) is 3.95. The van der Waals surface area contributed by atoms with Crippen LogP contribution in [0.1, 0.15) is 19.4 Å². The van der Waals surface area contributed by atoms with Crippen LogP contribution in [-0.2, 0) is 16.5 Å². The van der Waals surface area contributed by atoms with Gasteiger partial charge in [-0.05, 0) is 48.7 Å². The minimum absolute atomic E-state index is 0.126. The molecule has 0 bridgehead atoms. The molecular weight excluding hydrogens is 276 g/mol. The topological polar surface area (TPSA) is 63.6 Å². The van der Waals surface area contributed by atoms with Crippen LogP contribution in [0.3, 0.4) is 0 Å². The SMILES string of the molecule is CC(C)Oc1ccc2cc(CCS(=O)(=O)O)ccc2c1. The minimum atomic E-state index is -3.92. The first-order chi connectivity index (χ1) is 9.33. The number of rotatable bonds is 5. The van der Waals surface area contributed by atoms with Gasteiger partial charge in [0.1, 0.15) is 5.75 Å². The van der Waals surface area contributed by atoms with Crippen LogP contribution < -0.4 is 4.74 Å². The molecule has 2 aromatic carbocycles. The van der Waals surface area contributed by atoms with Gasteiger partial charge in [-0.2, -0.15) is 8.42 Å². The summed E-state index contributed by atoms with van der Waals surface area (Å²) in [6, 6.07) is 11.5. The van der Waals surface area contributed by atoms with Crippen molar-refractivity contribution in [3.63, 3.8) is 0 Å². The molecule has 5 heteroatoms. The molecule has 20 heavy (non-hydrogen) atoms. The second kappa shape index (κ2) is 5.81. The molecule has 1 N–H and O–H groups in total. The van der Waals surface area contributed by atoms with Crippen molar-refractivity contribution in [3.8, 4) is 5.75 Å². The monoisotopic (exact) mass is 294 g/mol. The molecule has 0 saturated carbocycles. The van der Waals surface area contributed by atoms with Gasteiger partial charge in [0.2, 0.25) is 0 Å². The molecule has 0 spiro atoms. The number of aryl methyl sites for hydroxylation is 1. The third kappa shape index (κ3) is 4.21. The minimum Gasteiger partial charge on any atom is -0.491 e. The number of hydrogen-bond donors (Lipinski definition) is 1. The first-order valence-corrected chi connectivity index (χ1v) is 8.09. The summed E-state index contributed by atoms with van der Waals surface area (Å²) in [7, 11) is -3.92. The fraction of sp³-hybridized carbons (Fsp3) is 0.333. The molecule has 0 fully saturated rings. The van der Waals surface area contributed by atoms with Crippen LogP contribution in [0.5, 0.6) is 5.75 Å². The smallest absolute Gasteiger partial charge is 0.265 e. The van der Waals surface area contributed by atoms with E-state index in [9.17, 15) is 8.42 Å². The Balaban J connectivity index is 2.22. The zero-order chi connectivity index (χ0) is 14.8. The maximum absolute atomic E-state index is 10.8. The van der Waals surface area contributed by atoms with Crippen LogP contribution in [0.2, 0.25) is 0 Å². The summed E-state index contributed by atoms with van der Waals surface area (Å²) in [5.41, 5.74) is 0.882. The van der Waals surface area contributed by atoms with E-state index in [-0.39, 0.29) is 11.9 Å². The molecule has 0 amide bonds. The lowest BCUT2D eigenvalue weighted by molar-refractivity contribution is 0.243. The number of benzene rings is 2. The van der Waals surface area contributed by atoms with Gasteiger partial charge in [0.15, 0.2) is 0 Å². The molecular formula is C15H18O4S. The van der Waals surface area contributed by atoms with E-state index in [4.69, 9.17) is 9.29 Å². The lowest BCUT2D eigenvalue weighted by Crippen LogP contribution is -2.06. The molecule has 4 nitrogen and oxygen atoms in total. The van der Waals surface area contributed by atoms with E-state index in [1.165, 1.54) is 0 Å². The average molecular weight is 294 g/mol. The predicted octanol–water partition coefficient (Wildman–Crippen LogP) is 3.06. The molecule has 0 radical (unpaired) electrons. The van der Waals surface area contributed by atoms with Gasteiger partial charge in [-0.25, -0.2) is 0 Å². The van der Waals surface area contributed by atoms with Crippen molar-refractivity contribution in [2.24, 2.45) is 0 Å². The second-order valence-corrected chi connectivity index (χ2v) is 6.62. The molecule has 0 aliphatic rings. The predicted molar refractivity (Wildman–Crippen MR) is 79.8 cm³/mol. The first-order valence-electron chi connectivity index (χ1n) is 6.48. The Morgan fingerprint density at radius 1 is 1.10 bits per heavy atom. The third-order valence-corrected chi connectivity index (χ3v) is 3.62. The molecule has 0 unspecified atom stereocenters. The zero-order valence-electron chi connectivity index (χ0n) is 11.5. The van der Waals surface area contributed by atoms with Gasteiger partial charge in [-0.15, -0.1) is 0 Å². The van der Waals surface area contributed by atoms with Crippen LogP contribution >= 0.6 is 0 Å². The average Bonchev–Trinajstić information content (AvgIpc) is 2.34. The summed E-state index contributed by atoms with van der Waals surface area (Å²) < 4.78 is 35.9. The molecule has 2 rings (SSSR count). The summed E-state index contributed by atoms with van der Waals surface area (Å²) in [4.78, 5) is 0. The van der Waals surface area contributed by atoms with Crippen LogP contribution in [0.4, 0.5) is 0 Å². The van der Waals surface area contributed by atoms with E-state index < -0.39 is 10.1 Å². The molecule has 0 aliphatic carbocycles. The molecule has 0 aromatic heterocycles. The van der Waals surface area contributed by atoms with E-state index in [2.05, 4.69) is 0 Å². The second-order valence-electron chi connectivity index (χ2n) is 5.05. The summed E-state index contributed by atoms with van der Waals surface area (Å²) in [5, 5.41) is 2.06. The lowest BCUT2D eigenvalue weighted by atomic mass is 10.1. The summed E-state index contributed by atoms with van der Waals surface area (Å²) in [6.07, 6.45) is 0.431. The van der Waals surface area contributed by atoms with Gasteiger partial charge in [-0.3, -0.25) is 4.55 Å². The fourth-order valence-corrected chi connectivity index (χ4v) is 2.51. The Bertz CT molecular complexity index is 705. The highest BCUT2D eigenvalue weighted by molar-refractivity contribution is 7.85. The van der Waals surface area contributed by atoms with E-state index in [1.807, 2.05) is 50.2 Å². The van der Waals surface area contributed by atoms with Crippen molar-refractivity contribution in [1.29, 1.82) is 0 Å². The third-order valence-electron chi connectivity index (χ3n) is 2.90. The molecule has 0 atom stereocenters. The lowest BCUT2D eigenvalue weighted by Gasteiger charge is -2.10. The molecule has 0 heterocycles. The normalized spacial score (nSPS) is 12.0.